The Hall–Kier alpha value is -2.72. The number of anilines is 1. The number of piperazine rings is 1. The number of nitrogens with zero attached hydrogens (tertiary/aromatic N) is 3. The van der Waals surface area contributed by atoms with Gasteiger partial charge in [0.05, 0.1) is 11.3 Å². The third kappa shape index (κ3) is 3.21. The van der Waals surface area contributed by atoms with Gasteiger partial charge in [0, 0.05) is 37.6 Å². The van der Waals surface area contributed by atoms with Gasteiger partial charge in [0.25, 0.3) is 5.91 Å². The normalized spacial score (nSPS) is 17.7. The first-order valence-corrected chi connectivity index (χ1v) is 10.0. The van der Waals surface area contributed by atoms with E-state index in [4.69, 9.17) is 0 Å². The summed E-state index contributed by atoms with van der Waals surface area (Å²) in [6, 6.07) is 6.34. The lowest BCUT2D eigenvalue weighted by molar-refractivity contribution is -0.115. The Morgan fingerprint density at radius 1 is 1.15 bits per heavy atom. The highest BCUT2D eigenvalue weighted by molar-refractivity contribution is 7.89. The number of hydrogen-bond donors (Lipinski definition) is 2. The lowest BCUT2D eigenvalue weighted by Crippen LogP contribution is -2.50. The van der Waals surface area contributed by atoms with Gasteiger partial charge in [-0.2, -0.15) is 9.40 Å². The van der Waals surface area contributed by atoms with Crippen LogP contribution in [0.15, 0.2) is 29.2 Å². The van der Waals surface area contributed by atoms with E-state index < -0.39 is 10.0 Å². The van der Waals surface area contributed by atoms with E-state index in [1.807, 2.05) is 6.92 Å². The molecule has 142 valence electrons. The molecule has 10 heteroatoms. The SMILES string of the molecule is Cc1cc(C(=O)N2CCN(S(=O)(=O)c3ccc4c(c3)CC(=O)N4)CC2)n[nH]1. The summed E-state index contributed by atoms with van der Waals surface area (Å²) in [6.45, 7) is 2.84. The van der Waals surface area contributed by atoms with Crippen molar-refractivity contribution in [3.05, 3.63) is 41.2 Å². The van der Waals surface area contributed by atoms with Gasteiger partial charge >= 0.3 is 0 Å². The number of carbonyl (C=O) groups excluding carboxylic acids is 2. The highest BCUT2D eigenvalue weighted by Gasteiger charge is 2.32. The first-order valence-electron chi connectivity index (χ1n) is 8.59. The fourth-order valence-electron chi connectivity index (χ4n) is 3.34. The number of aromatic nitrogens is 2. The maximum atomic E-state index is 12.9. The number of benzene rings is 1. The lowest BCUT2D eigenvalue weighted by atomic mass is 10.2. The van der Waals surface area contributed by atoms with Crippen LogP contribution in [-0.4, -0.2) is 65.8 Å². The van der Waals surface area contributed by atoms with Crippen molar-refractivity contribution >= 4 is 27.5 Å². The molecule has 0 aliphatic carbocycles. The van der Waals surface area contributed by atoms with Crippen LogP contribution in [0, 0.1) is 6.92 Å². The maximum absolute atomic E-state index is 12.9. The van der Waals surface area contributed by atoms with Crippen molar-refractivity contribution in [1.29, 1.82) is 0 Å². The van der Waals surface area contributed by atoms with E-state index in [1.165, 1.54) is 10.4 Å². The van der Waals surface area contributed by atoms with Gasteiger partial charge in [0.15, 0.2) is 0 Å². The Labute approximate surface area is 156 Å². The van der Waals surface area contributed by atoms with Crippen molar-refractivity contribution in [3.63, 3.8) is 0 Å². The summed E-state index contributed by atoms with van der Waals surface area (Å²) in [5.74, 6) is -0.348. The number of hydrogen-bond acceptors (Lipinski definition) is 5. The summed E-state index contributed by atoms with van der Waals surface area (Å²) in [5.41, 5.74) is 2.47. The summed E-state index contributed by atoms with van der Waals surface area (Å²) in [7, 11) is -3.68. The van der Waals surface area contributed by atoms with Gasteiger partial charge in [-0.25, -0.2) is 8.42 Å². The molecule has 9 nitrogen and oxygen atoms in total. The zero-order valence-electron chi connectivity index (χ0n) is 14.7. The average molecular weight is 389 g/mol. The number of sulfonamides is 1. The van der Waals surface area contributed by atoms with E-state index in [2.05, 4.69) is 15.5 Å². The molecule has 3 heterocycles. The maximum Gasteiger partial charge on any atom is 0.274 e. The lowest BCUT2D eigenvalue weighted by Gasteiger charge is -2.33. The van der Waals surface area contributed by atoms with Crippen LogP contribution in [0.3, 0.4) is 0 Å². The molecular weight excluding hydrogens is 370 g/mol. The molecule has 0 spiro atoms. The molecule has 2 N–H and O–H groups in total. The molecule has 0 bridgehead atoms. The van der Waals surface area contributed by atoms with Gasteiger partial charge in [-0.15, -0.1) is 0 Å². The van der Waals surface area contributed by atoms with E-state index in [0.29, 0.717) is 30.0 Å². The van der Waals surface area contributed by atoms with Crippen LogP contribution in [-0.2, 0) is 21.2 Å². The van der Waals surface area contributed by atoms with E-state index in [9.17, 15) is 18.0 Å². The zero-order valence-corrected chi connectivity index (χ0v) is 15.5. The van der Waals surface area contributed by atoms with Gasteiger partial charge in [0.1, 0.15) is 5.69 Å². The van der Waals surface area contributed by atoms with Gasteiger partial charge < -0.3 is 10.2 Å². The molecule has 0 saturated carbocycles. The Morgan fingerprint density at radius 3 is 2.56 bits per heavy atom. The zero-order chi connectivity index (χ0) is 19.2. The van der Waals surface area contributed by atoms with Crippen molar-refractivity contribution in [2.24, 2.45) is 0 Å². The Kier molecular flexibility index (Phi) is 4.23. The van der Waals surface area contributed by atoms with Crippen LogP contribution in [0.1, 0.15) is 21.7 Å². The molecule has 2 aromatic rings. The molecule has 1 saturated heterocycles. The van der Waals surface area contributed by atoms with Crippen molar-refractivity contribution < 1.29 is 18.0 Å². The molecule has 27 heavy (non-hydrogen) atoms. The smallest absolute Gasteiger partial charge is 0.274 e. The fourth-order valence-corrected chi connectivity index (χ4v) is 4.81. The topological polar surface area (TPSA) is 115 Å². The second-order valence-corrected chi connectivity index (χ2v) is 8.61. The molecule has 2 aliphatic heterocycles. The quantitative estimate of drug-likeness (QED) is 0.786. The van der Waals surface area contributed by atoms with Crippen LogP contribution in [0.4, 0.5) is 5.69 Å². The number of fused-ring (bicyclic) bond motifs is 1. The molecule has 0 unspecified atom stereocenters. The number of rotatable bonds is 3. The molecule has 2 aliphatic rings. The molecule has 1 fully saturated rings. The summed E-state index contributed by atoms with van der Waals surface area (Å²) in [5, 5.41) is 9.39. The number of carbonyl (C=O) groups is 2. The molecule has 2 amide bonds. The second-order valence-electron chi connectivity index (χ2n) is 6.68. The molecule has 1 aromatic carbocycles. The first-order chi connectivity index (χ1) is 12.8. The fraction of sp³-hybridized carbons (Fsp3) is 0.353. The minimum Gasteiger partial charge on any atom is -0.335 e. The monoisotopic (exact) mass is 389 g/mol. The van der Waals surface area contributed by atoms with Crippen molar-refractivity contribution in [3.8, 4) is 0 Å². The van der Waals surface area contributed by atoms with Crippen LogP contribution in [0.25, 0.3) is 0 Å². The van der Waals surface area contributed by atoms with E-state index >= 15 is 0 Å². The van der Waals surface area contributed by atoms with E-state index in [1.54, 1.807) is 23.1 Å². The minimum atomic E-state index is -3.68. The third-order valence-electron chi connectivity index (χ3n) is 4.79. The van der Waals surface area contributed by atoms with Gasteiger partial charge in [-0.1, -0.05) is 0 Å². The minimum absolute atomic E-state index is 0.139. The van der Waals surface area contributed by atoms with Crippen molar-refractivity contribution in [2.45, 2.75) is 18.2 Å². The Balaban J connectivity index is 1.47. The standard InChI is InChI=1S/C17H19N5O4S/c1-11-8-15(20-19-11)17(24)21-4-6-22(7-5-21)27(25,26)13-2-3-14-12(9-13)10-16(23)18-14/h2-3,8-9H,4-7,10H2,1H3,(H,18,23)(H,19,20). The number of aryl methyl sites for hydroxylation is 1. The molecular formula is C17H19N5O4S. The van der Waals surface area contributed by atoms with Gasteiger partial charge in [0.2, 0.25) is 15.9 Å². The van der Waals surface area contributed by atoms with E-state index in [0.717, 1.165) is 5.69 Å². The Morgan fingerprint density at radius 2 is 1.89 bits per heavy atom. The number of H-pyrrole nitrogens is 1. The van der Waals surface area contributed by atoms with Crippen LogP contribution in [0.5, 0.6) is 0 Å². The van der Waals surface area contributed by atoms with Crippen molar-refractivity contribution in [2.75, 3.05) is 31.5 Å². The summed E-state index contributed by atoms with van der Waals surface area (Å²) < 4.78 is 27.2. The average Bonchev–Trinajstić information content (AvgIpc) is 3.25. The second kappa shape index (κ2) is 6.46. The van der Waals surface area contributed by atoms with Crippen LogP contribution in [0.2, 0.25) is 0 Å². The summed E-state index contributed by atoms with van der Waals surface area (Å²) in [4.78, 5) is 25.7. The van der Waals surface area contributed by atoms with Crippen LogP contribution >= 0.6 is 0 Å². The number of amides is 2. The molecule has 1 aromatic heterocycles. The highest BCUT2D eigenvalue weighted by Crippen LogP contribution is 2.27. The molecule has 0 atom stereocenters. The van der Waals surface area contributed by atoms with Crippen molar-refractivity contribution in [1.82, 2.24) is 19.4 Å². The first kappa shape index (κ1) is 17.7. The summed E-state index contributed by atoms with van der Waals surface area (Å²) in [6.07, 6.45) is 0.185. The van der Waals surface area contributed by atoms with Gasteiger partial charge in [-0.05, 0) is 36.8 Å². The number of nitrogens with one attached hydrogen (secondary N) is 2. The van der Waals surface area contributed by atoms with Crippen LogP contribution < -0.4 is 5.32 Å². The largest absolute Gasteiger partial charge is 0.335 e. The van der Waals surface area contributed by atoms with E-state index in [-0.39, 0.29) is 36.2 Å². The summed E-state index contributed by atoms with van der Waals surface area (Å²) >= 11 is 0. The van der Waals surface area contributed by atoms with Gasteiger partial charge in [-0.3, -0.25) is 14.7 Å². The number of aromatic amines is 1. The highest BCUT2D eigenvalue weighted by atomic mass is 32.2. The molecule has 4 rings (SSSR count). The Bertz CT molecular complexity index is 1020. The predicted molar refractivity (Wildman–Crippen MR) is 96.8 cm³/mol. The molecule has 0 radical (unpaired) electrons. The predicted octanol–water partition coefficient (Wildman–Crippen LogP) is 0.359. The third-order valence-corrected chi connectivity index (χ3v) is 6.69.